The first-order chi connectivity index (χ1) is 7.20. The van der Waals surface area contributed by atoms with Crippen LogP contribution in [-0.4, -0.2) is 37.7 Å². The van der Waals surface area contributed by atoms with Crippen LogP contribution in [0.25, 0.3) is 0 Å². The molecule has 1 heterocycles. The van der Waals surface area contributed by atoms with E-state index in [1.165, 1.54) is 62.6 Å². The highest BCUT2D eigenvalue weighted by molar-refractivity contribution is 4.68. The topological polar surface area (TPSA) is 26.0 Å². The second-order valence-electron chi connectivity index (χ2n) is 5.57. The van der Waals surface area contributed by atoms with Crippen LogP contribution < -0.4 is 5.73 Å². The van der Waals surface area contributed by atoms with Gasteiger partial charge in [0.05, 0.1) is 32.6 Å². The molecule has 0 bridgehead atoms. The van der Waals surface area contributed by atoms with Gasteiger partial charge in [0, 0.05) is 0 Å². The molecular weight excluding hydrogens is 184 g/mol. The van der Waals surface area contributed by atoms with E-state index >= 15 is 0 Å². The average Bonchev–Trinajstić information content (AvgIpc) is 2.18. The maximum absolute atomic E-state index is 5.49. The lowest BCUT2D eigenvalue weighted by molar-refractivity contribution is -0.957. The Labute approximate surface area is 95.4 Å². The third-order valence-corrected chi connectivity index (χ3v) is 3.77. The van der Waals surface area contributed by atoms with Crippen molar-refractivity contribution in [1.29, 1.82) is 0 Å². The van der Waals surface area contributed by atoms with E-state index < -0.39 is 0 Å². The van der Waals surface area contributed by atoms with Gasteiger partial charge in [-0.2, -0.15) is 0 Å². The summed E-state index contributed by atoms with van der Waals surface area (Å²) in [6.07, 6.45) is 8.14. The second kappa shape index (κ2) is 6.49. The fraction of sp³-hybridized carbons (Fsp3) is 1.00. The summed E-state index contributed by atoms with van der Waals surface area (Å²) in [5, 5.41) is 0. The summed E-state index contributed by atoms with van der Waals surface area (Å²) in [4.78, 5) is 0. The van der Waals surface area contributed by atoms with Crippen LogP contribution in [0.15, 0.2) is 0 Å². The molecule has 0 aliphatic carbocycles. The first kappa shape index (κ1) is 13.0. The van der Waals surface area contributed by atoms with Gasteiger partial charge in [-0.05, 0) is 25.8 Å². The zero-order valence-corrected chi connectivity index (χ0v) is 10.7. The molecule has 0 aromatic rings. The molecule has 1 aliphatic heterocycles. The molecule has 1 fully saturated rings. The minimum atomic E-state index is 0.870. The van der Waals surface area contributed by atoms with Crippen LogP contribution in [0.1, 0.15) is 45.4 Å². The maximum Gasteiger partial charge on any atom is 0.0867 e. The Morgan fingerprint density at radius 3 is 2.47 bits per heavy atom. The van der Waals surface area contributed by atoms with Crippen molar-refractivity contribution in [2.75, 3.05) is 33.2 Å². The molecule has 90 valence electrons. The van der Waals surface area contributed by atoms with Gasteiger partial charge in [0.25, 0.3) is 0 Å². The van der Waals surface area contributed by atoms with Gasteiger partial charge in [0.2, 0.25) is 0 Å². The van der Waals surface area contributed by atoms with Crippen molar-refractivity contribution in [1.82, 2.24) is 0 Å². The zero-order valence-electron chi connectivity index (χ0n) is 10.7. The number of rotatable bonds is 8. The van der Waals surface area contributed by atoms with E-state index in [-0.39, 0.29) is 0 Å². The highest BCUT2D eigenvalue weighted by Gasteiger charge is 2.38. The molecule has 0 atom stereocenters. The molecule has 2 N–H and O–H groups in total. The van der Waals surface area contributed by atoms with Gasteiger partial charge in [-0.15, -0.1) is 0 Å². The summed E-state index contributed by atoms with van der Waals surface area (Å²) < 4.78 is 1.34. The SMILES string of the molecule is CCCC[N+]1(C)CC(CCCCCN)C1. The molecule has 0 aromatic heterocycles. The van der Waals surface area contributed by atoms with Crippen molar-refractivity contribution in [2.45, 2.75) is 45.4 Å². The van der Waals surface area contributed by atoms with Crippen molar-refractivity contribution in [3.8, 4) is 0 Å². The maximum atomic E-state index is 5.49. The van der Waals surface area contributed by atoms with Crippen LogP contribution in [-0.2, 0) is 0 Å². The monoisotopic (exact) mass is 213 g/mol. The summed E-state index contributed by atoms with van der Waals surface area (Å²) in [5.41, 5.74) is 5.49. The number of unbranched alkanes of at least 4 members (excludes halogenated alkanes) is 3. The Kier molecular flexibility index (Phi) is 5.62. The predicted octanol–water partition coefficient (Wildman–Crippen LogP) is 2.38. The van der Waals surface area contributed by atoms with Gasteiger partial charge in [0.15, 0.2) is 0 Å². The van der Waals surface area contributed by atoms with Gasteiger partial charge in [0.1, 0.15) is 0 Å². The minimum absolute atomic E-state index is 0.870. The first-order valence-corrected chi connectivity index (χ1v) is 6.74. The normalized spacial score (nSPS) is 30.2. The van der Waals surface area contributed by atoms with E-state index in [9.17, 15) is 0 Å². The van der Waals surface area contributed by atoms with Crippen LogP contribution in [0, 0.1) is 5.92 Å². The van der Waals surface area contributed by atoms with E-state index in [1.807, 2.05) is 0 Å². The number of hydrogen-bond acceptors (Lipinski definition) is 1. The van der Waals surface area contributed by atoms with Crippen molar-refractivity contribution in [3.05, 3.63) is 0 Å². The van der Waals surface area contributed by atoms with E-state index in [1.54, 1.807) is 0 Å². The number of quaternary nitrogens is 1. The quantitative estimate of drug-likeness (QED) is 0.486. The smallest absolute Gasteiger partial charge is 0.0867 e. The third-order valence-electron chi connectivity index (χ3n) is 3.77. The number of likely N-dealkylation sites (tertiary alicyclic amines) is 1. The standard InChI is InChI=1S/C13H29N2/c1-3-4-10-15(2)11-13(12-15)8-6-5-7-9-14/h13H,3-12,14H2,1-2H3/q+1. The Hall–Kier alpha value is -0.0800. The van der Waals surface area contributed by atoms with Gasteiger partial charge in [-0.25, -0.2) is 0 Å². The van der Waals surface area contributed by atoms with Crippen molar-refractivity contribution in [3.63, 3.8) is 0 Å². The van der Waals surface area contributed by atoms with Gasteiger partial charge >= 0.3 is 0 Å². The Bertz CT molecular complexity index is 162. The van der Waals surface area contributed by atoms with E-state index in [4.69, 9.17) is 5.73 Å². The lowest BCUT2D eigenvalue weighted by atomic mass is 9.90. The van der Waals surface area contributed by atoms with Crippen molar-refractivity contribution in [2.24, 2.45) is 11.7 Å². The molecule has 1 aliphatic rings. The highest BCUT2D eigenvalue weighted by Crippen LogP contribution is 2.28. The van der Waals surface area contributed by atoms with Crippen LogP contribution in [0.4, 0.5) is 0 Å². The fourth-order valence-electron chi connectivity index (χ4n) is 2.85. The number of nitrogens with zero attached hydrogens (tertiary/aromatic N) is 1. The Morgan fingerprint density at radius 2 is 1.87 bits per heavy atom. The second-order valence-corrected chi connectivity index (χ2v) is 5.57. The lowest BCUT2D eigenvalue weighted by Crippen LogP contribution is -2.61. The van der Waals surface area contributed by atoms with Crippen LogP contribution in [0.2, 0.25) is 0 Å². The summed E-state index contributed by atoms with van der Waals surface area (Å²) in [7, 11) is 2.42. The van der Waals surface area contributed by atoms with E-state index in [0.29, 0.717) is 0 Å². The Morgan fingerprint density at radius 1 is 1.13 bits per heavy atom. The largest absolute Gasteiger partial charge is 0.330 e. The molecule has 0 unspecified atom stereocenters. The van der Waals surface area contributed by atoms with Crippen molar-refractivity contribution >= 4 is 0 Å². The summed E-state index contributed by atoms with van der Waals surface area (Å²) >= 11 is 0. The average molecular weight is 213 g/mol. The lowest BCUT2D eigenvalue weighted by Gasteiger charge is -2.48. The molecule has 2 heteroatoms. The molecular formula is C13H29N2+. The molecule has 1 saturated heterocycles. The molecule has 0 spiro atoms. The first-order valence-electron chi connectivity index (χ1n) is 6.74. The van der Waals surface area contributed by atoms with E-state index in [2.05, 4.69) is 14.0 Å². The van der Waals surface area contributed by atoms with Crippen LogP contribution >= 0.6 is 0 Å². The molecule has 15 heavy (non-hydrogen) atoms. The zero-order chi connectivity index (χ0) is 11.1. The predicted molar refractivity (Wildman–Crippen MR) is 66.7 cm³/mol. The molecule has 0 amide bonds. The number of nitrogens with two attached hydrogens (primary N) is 1. The molecule has 0 aromatic carbocycles. The van der Waals surface area contributed by atoms with Gasteiger partial charge < -0.3 is 10.2 Å². The summed E-state index contributed by atoms with van der Waals surface area (Å²) in [5.74, 6) is 1.02. The van der Waals surface area contributed by atoms with E-state index in [0.717, 1.165) is 12.5 Å². The molecule has 2 nitrogen and oxygen atoms in total. The van der Waals surface area contributed by atoms with Gasteiger partial charge in [-0.1, -0.05) is 26.2 Å². The van der Waals surface area contributed by atoms with Crippen LogP contribution in [0.5, 0.6) is 0 Å². The summed E-state index contributed by atoms with van der Waals surface area (Å²) in [6, 6.07) is 0. The highest BCUT2D eigenvalue weighted by atomic mass is 15.4. The van der Waals surface area contributed by atoms with Gasteiger partial charge in [-0.3, -0.25) is 0 Å². The third kappa shape index (κ3) is 4.52. The number of hydrogen-bond donors (Lipinski definition) is 1. The Balaban J connectivity index is 1.98. The fourth-order valence-corrected chi connectivity index (χ4v) is 2.85. The molecule has 1 rings (SSSR count). The molecule has 0 radical (unpaired) electrons. The molecule has 0 saturated carbocycles. The van der Waals surface area contributed by atoms with Crippen LogP contribution in [0.3, 0.4) is 0 Å². The summed E-state index contributed by atoms with van der Waals surface area (Å²) in [6.45, 7) is 7.42. The minimum Gasteiger partial charge on any atom is -0.330 e. The van der Waals surface area contributed by atoms with Crippen molar-refractivity contribution < 1.29 is 4.48 Å².